The highest BCUT2D eigenvalue weighted by Crippen LogP contribution is 2.35. The first-order valence-corrected chi connectivity index (χ1v) is 8.09. The maximum atomic E-state index is 5.10. The molecule has 1 saturated carbocycles. The van der Waals surface area contributed by atoms with Crippen molar-refractivity contribution in [1.29, 1.82) is 0 Å². The first kappa shape index (κ1) is 15.3. The van der Waals surface area contributed by atoms with Crippen molar-refractivity contribution in [1.82, 2.24) is 0 Å². The summed E-state index contributed by atoms with van der Waals surface area (Å²) in [5.74, 6) is 0.775. The van der Waals surface area contributed by atoms with Crippen LogP contribution in [0.2, 0.25) is 0 Å². The van der Waals surface area contributed by atoms with E-state index in [-0.39, 0.29) is 0 Å². The SMILES string of the molecule is CCc1ccc(C2CCC(=CCCCOC)CC2)cc1. The second kappa shape index (κ2) is 8.26. The molecule has 0 N–H and O–H groups in total. The molecule has 0 aromatic heterocycles. The molecule has 1 aliphatic carbocycles. The van der Waals surface area contributed by atoms with Crippen LogP contribution in [0.5, 0.6) is 0 Å². The van der Waals surface area contributed by atoms with Crippen LogP contribution in [0.3, 0.4) is 0 Å². The number of aryl methyl sites for hydroxylation is 1. The van der Waals surface area contributed by atoms with Gasteiger partial charge in [0.1, 0.15) is 0 Å². The van der Waals surface area contributed by atoms with Gasteiger partial charge < -0.3 is 4.74 Å². The molecular formula is C19H28O. The number of allylic oxidation sites excluding steroid dienone is 2. The number of methoxy groups -OCH3 is 1. The molecule has 110 valence electrons. The Kier molecular flexibility index (Phi) is 6.32. The van der Waals surface area contributed by atoms with Gasteiger partial charge in [-0.25, -0.2) is 0 Å². The van der Waals surface area contributed by atoms with Crippen molar-refractivity contribution in [3.05, 3.63) is 47.0 Å². The predicted octanol–water partition coefficient (Wildman–Crippen LogP) is 5.26. The van der Waals surface area contributed by atoms with Crippen molar-refractivity contribution in [3.63, 3.8) is 0 Å². The fourth-order valence-corrected chi connectivity index (χ4v) is 3.09. The normalized spacial score (nSPS) is 19.1. The summed E-state index contributed by atoms with van der Waals surface area (Å²) in [5, 5.41) is 0. The Bertz CT molecular complexity index is 406. The molecule has 0 atom stereocenters. The lowest BCUT2D eigenvalue weighted by molar-refractivity contribution is 0.195. The molecule has 1 fully saturated rings. The zero-order valence-electron chi connectivity index (χ0n) is 13.0. The van der Waals surface area contributed by atoms with Crippen LogP contribution in [0.1, 0.15) is 62.5 Å². The second-order valence-electron chi connectivity index (χ2n) is 5.87. The molecule has 0 amide bonds. The van der Waals surface area contributed by atoms with Gasteiger partial charge in [0, 0.05) is 13.7 Å². The highest BCUT2D eigenvalue weighted by Gasteiger charge is 2.17. The number of ether oxygens (including phenoxy) is 1. The Morgan fingerprint density at radius 3 is 2.45 bits per heavy atom. The monoisotopic (exact) mass is 272 g/mol. The van der Waals surface area contributed by atoms with E-state index in [1.807, 2.05) is 0 Å². The first-order chi connectivity index (χ1) is 9.83. The molecule has 1 aromatic rings. The molecule has 1 heteroatoms. The number of unbranched alkanes of at least 4 members (excludes halogenated alkanes) is 1. The van der Waals surface area contributed by atoms with Crippen molar-refractivity contribution in [3.8, 4) is 0 Å². The number of benzene rings is 1. The molecule has 1 aliphatic rings. The van der Waals surface area contributed by atoms with Gasteiger partial charge in [-0.1, -0.05) is 42.8 Å². The van der Waals surface area contributed by atoms with E-state index in [2.05, 4.69) is 37.3 Å². The van der Waals surface area contributed by atoms with Crippen molar-refractivity contribution in [2.45, 2.75) is 57.8 Å². The van der Waals surface area contributed by atoms with Crippen LogP contribution in [-0.4, -0.2) is 13.7 Å². The fourth-order valence-electron chi connectivity index (χ4n) is 3.09. The third-order valence-corrected chi connectivity index (χ3v) is 4.47. The lowest BCUT2D eigenvalue weighted by Gasteiger charge is -2.24. The molecule has 0 bridgehead atoms. The van der Waals surface area contributed by atoms with E-state index < -0.39 is 0 Å². The smallest absolute Gasteiger partial charge is 0.0465 e. The van der Waals surface area contributed by atoms with Crippen LogP contribution in [-0.2, 0) is 11.2 Å². The van der Waals surface area contributed by atoms with E-state index in [1.165, 1.54) is 37.7 Å². The second-order valence-corrected chi connectivity index (χ2v) is 5.87. The van der Waals surface area contributed by atoms with Crippen LogP contribution in [0.15, 0.2) is 35.9 Å². The summed E-state index contributed by atoms with van der Waals surface area (Å²) in [6.45, 7) is 3.10. The minimum absolute atomic E-state index is 0.775. The highest BCUT2D eigenvalue weighted by atomic mass is 16.5. The average molecular weight is 272 g/mol. The topological polar surface area (TPSA) is 9.23 Å². The Hall–Kier alpha value is -1.08. The van der Waals surface area contributed by atoms with Gasteiger partial charge in [0.15, 0.2) is 0 Å². The molecule has 0 saturated heterocycles. The molecular weight excluding hydrogens is 244 g/mol. The quantitative estimate of drug-likeness (QED) is 0.507. The lowest BCUT2D eigenvalue weighted by Crippen LogP contribution is -2.06. The lowest BCUT2D eigenvalue weighted by atomic mass is 9.81. The van der Waals surface area contributed by atoms with Crippen molar-refractivity contribution >= 4 is 0 Å². The van der Waals surface area contributed by atoms with Crippen LogP contribution in [0.25, 0.3) is 0 Å². The minimum Gasteiger partial charge on any atom is -0.385 e. The summed E-state index contributed by atoms with van der Waals surface area (Å²) in [7, 11) is 1.78. The Morgan fingerprint density at radius 1 is 1.15 bits per heavy atom. The van der Waals surface area contributed by atoms with Crippen molar-refractivity contribution < 1.29 is 4.74 Å². The van der Waals surface area contributed by atoms with Crippen LogP contribution >= 0.6 is 0 Å². The maximum absolute atomic E-state index is 5.10. The first-order valence-electron chi connectivity index (χ1n) is 8.09. The molecule has 20 heavy (non-hydrogen) atoms. The summed E-state index contributed by atoms with van der Waals surface area (Å²) < 4.78 is 5.10. The average Bonchev–Trinajstić information content (AvgIpc) is 2.52. The Balaban J connectivity index is 1.81. The number of hydrogen-bond donors (Lipinski definition) is 0. The highest BCUT2D eigenvalue weighted by molar-refractivity contribution is 5.26. The standard InChI is InChI=1S/C19H28O/c1-3-16-7-11-18(12-8-16)19-13-9-17(10-14-19)6-4-5-15-20-2/h6-8,11-12,19H,3-5,9-10,13-15H2,1-2H3. The van der Waals surface area contributed by atoms with Gasteiger partial charge in [-0.05, 0) is 62.0 Å². The molecule has 1 aromatic carbocycles. The summed E-state index contributed by atoms with van der Waals surface area (Å²) in [6.07, 6.45) is 11.1. The third-order valence-electron chi connectivity index (χ3n) is 4.47. The Morgan fingerprint density at radius 2 is 1.85 bits per heavy atom. The van der Waals surface area contributed by atoms with E-state index in [9.17, 15) is 0 Å². The van der Waals surface area contributed by atoms with Gasteiger partial charge in [-0.2, -0.15) is 0 Å². The third kappa shape index (κ3) is 4.49. The number of hydrogen-bond acceptors (Lipinski definition) is 1. The molecule has 0 radical (unpaired) electrons. The van der Waals surface area contributed by atoms with Crippen LogP contribution in [0, 0.1) is 0 Å². The van der Waals surface area contributed by atoms with Gasteiger partial charge in [-0.15, -0.1) is 0 Å². The van der Waals surface area contributed by atoms with Crippen molar-refractivity contribution in [2.75, 3.05) is 13.7 Å². The van der Waals surface area contributed by atoms with Gasteiger partial charge >= 0.3 is 0 Å². The van der Waals surface area contributed by atoms with Crippen LogP contribution < -0.4 is 0 Å². The molecule has 0 unspecified atom stereocenters. The van der Waals surface area contributed by atoms with Gasteiger partial charge in [0.2, 0.25) is 0 Å². The number of rotatable bonds is 6. The van der Waals surface area contributed by atoms with Crippen LogP contribution in [0.4, 0.5) is 0 Å². The summed E-state index contributed by atoms with van der Waals surface area (Å²) in [6, 6.07) is 9.28. The summed E-state index contributed by atoms with van der Waals surface area (Å²) in [5.41, 5.74) is 4.66. The van der Waals surface area contributed by atoms with E-state index >= 15 is 0 Å². The zero-order valence-corrected chi connectivity index (χ0v) is 13.0. The summed E-state index contributed by atoms with van der Waals surface area (Å²) in [4.78, 5) is 0. The van der Waals surface area contributed by atoms with E-state index in [4.69, 9.17) is 4.74 Å². The van der Waals surface area contributed by atoms with E-state index in [1.54, 1.807) is 18.2 Å². The zero-order chi connectivity index (χ0) is 14.2. The van der Waals surface area contributed by atoms with Gasteiger partial charge in [0.25, 0.3) is 0 Å². The van der Waals surface area contributed by atoms with Gasteiger partial charge in [0.05, 0.1) is 0 Å². The molecule has 0 aliphatic heterocycles. The van der Waals surface area contributed by atoms with Gasteiger partial charge in [-0.3, -0.25) is 0 Å². The minimum atomic E-state index is 0.775. The molecule has 0 spiro atoms. The maximum Gasteiger partial charge on any atom is 0.0465 e. The Labute approximate surface area is 124 Å². The van der Waals surface area contributed by atoms with E-state index in [0.717, 1.165) is 25.4 Å². The molecule has 2 rings (SSSR count). The molecule has 1 nitrogen and oxygen atoms in total. The van der Waals surface area contributed by atoms with E-state index in [0.29, 0.717) is 0 Å². The summed E-state index contributed by atoms with van der Waals surface area (Å²) >= 11 is 0. The fraction of sp³-hybridized carbons (Fsp3) is 0.579. The predicted molar refractivity (Wildman–Crippen MR) is 86.2 cm³/mol. The van der Waals surface area contributed by atoms with Crippen molar-refractivity contribution in [2.24, 2.45) is 0 Å². The largest absolute Gasteiger partial charge is 0.385 e. The molecule has 0 heterocycles.